The third-order valence-corrected chi connectivity index (χ3v) is 3.83. The van der Waals surface area contributed by atoms with Crippen molar-refractivity contribution in [3.05, 3.63) is 59.6 Å². The summed E-state index contributed by atoms with van der Waals surface area (Å²) in [6, 6.07) is 6.40. The van der Waals surface area contributed by atoms with Gasteiger partial charge < -0.3 is 5.32 Å². The Balaban J connectivity index is 1.51. The molecule has 2 aromatic heterocycles. The van der Waals surface area contributed by atoms with Crippen LogP contribution in [0.15, 0.2) is 36.5 Å². The number of H-pyrrole nitrogens is 1. The zero-order valence-electron chi connectivity index (χ0n) is 12.5. The van der Waals surface area contributed by atoms with Gasteiger partial charge in [-0.05, 0) is 31.0 Å². The second-order valence-electron chi connectivity index (χ2n) is 5.68. The molecule has 0 bridgehead atoms. The number of nitrogens with zero attached hydrogens (tertiary/aromatic N) is 3. The summed E-state index contributed by atoms with van der Waals surface area (Å²) in [4.78, 5) is 12.2. The van der Waals surface area contributed by atoms with Crippen LogP contribution in [0.5, 0.6) is 0 Å². The predicted octanol–water partition coefficient (Wildman–Crippen LogP) is 3.00. The lowest BCUT2D eigenvalue weighted by Crippen LogP contribution is -2.13. The van der Waals surface area contributed by atoms with Crippen molar-refractivity contribution >= 4 is 11.7 Å². The zero-order chi connectivity index (χ0) is 16.7. The molecule has 8 heteroatoms. The minimum absolute atomic E-state index is 0.0613. The quantitative estimate of drug-likeness (QED) is 0.772. The van der Waals surface area contributed by atoms with E-state index in [1.807, 2.05) is 0 Å². The molecular formula is C16H13F2N5O. The number of carbonyl (C=O) groups excluding carboxylic acids is 1. The van der Waals surface area contributed by atoms with Gasteiger partial charge in [0.25, 0.3) is 5.91 Å². The van der Waals surface area contributed by atoms with Gasteiger partial charge in [0.2, 0.25) is 0 Å². The van der Waals surface area contributed by atoms with Crippen molar-refractivity contribution in [2.75, 3.05) is 5.32 Å². The fourth-order valence-electron chi connectivity index (χ4n) is 2.43. The third-order valence-electron chi connectivity index (χ3n) is 3.83. The summed E-state index contributed by atoms with van der Waals surface area (Å²) in [5.74, 6) is -0.962. The molecule has 1 aliphatic rings. The first-order valence-corrected chi connectivity index (χ1v) is 7.48. The van der Waals surface area contributed by atoms with E-state index in [1.54, 1.807) is 6.07 Å². The van der Waals surface area contributed by atoms with Crippen molar-refractivity contribution in [1.29, 1.82) is 0 Å². The zero-order valence-corrected chi connectivity index (χ0v) is 12.5. The number of amides is 1. The van der Waals surface area contributed by atoms with Crippen LogP contribution in [0.2, 0.25) is 0 Å². The van der Waals surface area contributed by atoms with E-state index in [0.717, 1.165) is 30.7 Å². The van der Waals surface area contributed by atoms with Crippen LogP contribution in [-0.4, -0.2) is 25.9 Å². The fourth-order valence-corrected chi connectivity index (χ4v) is 2.43. The average Bonchev–Trinajstić information content (AvgIpc) is 3.09. The Morgan fingerprint density at radius 3 is 2.83 bits per heavy atom. The minimum atomic E-state index is -0.758. The van der Waals surface area contributed by atoms with E-state index in [1.165, 1.54) is 23.0 Å². The van der Waals surface area contributed by atoms with Gasteiger partial charge in [0.1, 0.15) is 11.5 Å². The Kier molecular flexibility index (Phi) is 3.37. The van der Waals surface area contributed by atoms with Gasteiger partial charge in [-0.2, -0.15) is 10.2 Å². The number of benzene rings is 1. The predicted molar refractivity (Wildman–Crippen MR) is 82.0 cm³/mol. The maximum Gasteiger partial charge on any atom is 0.277 e. The first kappa shape index (κ1) is 14.6. The van der Waals surface area contributed by atoms with E-state index in [0.29, 0.717) is 11.7 Å². The maximum absolute atomic E-state index is 13.8. The van der Waals surface area contributed by atoms with Crippen molar-refractivity contribution in [3.8, 4) is 5.69 Å². The number of anilines is 1. The average molecular weight is 329 g/mol. The number of halogens is 2. The molecule has 2 heterocycles. The highest BCUT2D eigenvalue weighted by molar-refractivity contribution is 6.02. The molecule has 0 spiro atoms. The molecule has 1 fully saturated rings. The van der Waals surface area contributed by atoms with E-state index in [4.69, 9.17) is 0 Å². The van der Waals surface area contributed by atoms with E-state index in [9.17, 15) is 13.6 Å². The molecule has 0 unspecified atom stereocenters. The molecule has 24 heavy (non-hydrogen) atoms. The van der Waals surface area contributed by atoms with Gasteiger partial charge in [0.15, 0.2) is 17.3 Å². The lowest BCUT2D eigenvalue weighted by molar-refractivity contribution is 0.102. The highest BCUT2D eigenvalue weighted by Crippen LogP contribution is 2.39. The Bertz CT molecular complexity index is 913. The first-order valence-electron chi connectivity index (χ1n) is 7.48. The number of aromatic nitrogens is 4. The lowest BCUT2D eigenvalue weighted by atomic mass is 10.3. The van der Waals surface area contributed by atoms with Gasteiger partial charge in [-0.15, -0.1) is 0 Å². The molecule has 0 atom stereocenters. The lowest BCUT2D eigenvalue weighted by Gasteiger charge is -2.03. The van der Waals surface area contributed by atoms with E-state index in [-0.39, 0.29) is 11.4 Å². The molecule has 1 saturated carbocycles. The molecule has 0 radical (unpaired) electrons. The third kappa shape index (κ3) is 2.78. The van der Waals surface area contributed by atoms with Crippen LogP contribution in [0.1, 0.15) is 34.9 Å². The Labute approximate surface area is 135 Å². The molecular weight excluding hydrogens is 316 g/mol. The van der Waals surface area contributed by atoms with Crippen LogP contribution >= 0.6 is 0 Å². The highest BCUT2D eigenvalue weighted by Gasteiger charge is 2.26. The Morgan fingerprint density at radius 2 is 2.08 bits per heavy atom. The number of rotatable bonds is 4. The molecule has 4 rings (SSSR count). The Morgan fingerprint density at radius 1 is 1.25 bits per heavy atom. The van der Waals surface area contributed by atoms with E-state index >= 15 is 0 Å². The van der Waals surface area contributed by atoms with Gasteiger partial charge >= 0.3 is 0 Å². The molecule has 0 aliphatic heterocycles. The second kappa shape index (κ2) is 5.55. The van der Waals surface area contributed by atoms with Crippen molar-refractivity contribution < 1.29 is 13.6 Å². The number of hydrogen-bond donors (Lipinski definition) is 2. The van der Waals surface area contributed by atoms with Gasteiger partial charge in [0.05, 0.1) is 0 Å². The van der Waals surface area contributed by atoms with Crippen LogP contribution in [0.4, 0.5) is 14.6 Å². The van der Waals surface area contributed by atoms with Gasteiger partial charge in [-0.25, -0.2) is 13.5 Å². The van der Waals surface area contributed by atoms with Crippen molar-refractivity contribution in [2.45, 2.75) is 18.8 Å². The molecule has 6 nitrogen and oxygen atoms in total. The summed E-state index contributed by atoms with van der Waals surface area (Å²) in [5.41, 5.74) is 1.17. The summed E-state index contributed by atoms with van der Waals surface area (Å²) in [6.45, 7) is 0. The van der Waals surface area contributed by atoms with E-state index in [2.05, 4.69) is 20.6 Å². The Hall–Kier alpha value is -3.03. The normalized spacial score (nSPS) is 13.9. The molecule has 2 N–H and O–H groups in total. The second-order valence-corrected chi connectivity index (χ2v) is 5.68. The number of aromatic amines is 1. The van der Waals surface area contributed by atoms with Crippen LogP contribution in [0, 0.1) is 11.6 Å². The SMILES string of the molecule is O=C(Nc1cc(C2CC2)[nH]n1)c1ccn(-c2ccc(F)cc2F)n1. The summed E-state index contributed by atoms with van der Waals surface area (Å²) >= 11 is 0. The maximum atomic E-state index is 13.8. The van der Waals surface area contributed by atoms with Crippen molar-refractivity contribution in [3.63, 3.8) is 0 Å². The molecule has 3 aromatic rings. The first-order chi connectivity index (χ1) is 11.6. The summed E-state index contributed by atoms with van der Waals surface area (Å²) in [7, 11) is 0. The van der Waals surface area contributed by atoms with Crippen LogP contribution in [-0.2, 0) is 0 Å². The van der Waals surface area contributed by atoms with Crippen LogP contribution in [0.3, 0.4) is 0 Å². The summed E-state index contributed by atoms with van der Waals surface area (Å²) in [5, 5.41) is 13.6. The summed E-state index contributed by atoms with van der Waals surface area (Å²) in [6.07, 6.45) is 3.69. The fraction of sp³-hybridized carbons (Fsp3) is 0.188. The smallest absolute Gasteiger partial charge is 0.277 e. The van der Waals surface area contributed by atoms with Gasteiger partial charge in [-0.1, -0.05) is 0 Å². The minimum Gasteiger partial charge on any atom is -0.304 e. The van der Waals surface area contributed by atoms with Crippen LogP contribution < -0.4 is 5.32 Å². The molecule has 1 amide bonds. The standard InChI is InChI=1S/C16H13F2N5O/c17-10-3-4-14(11(18)7-10)23-6-5-12(22-23)16(24)19-15-8-13(20-21-15)9-1-2-9/h3-9H,1-2H2,(H2,19,20,21,24). The number of nitrogens with one attached hydrogen (secondary N) is 2. The largest absolute Gasteiger partial charge is 0.304 e. The molecule has 1 aromatic carbocycles. The monoisotopic (exact) mass is 329 g/mol. The summed E-state index contributed by atoms with van der Waals surface area (Å²) < 4.78 is 27.9. The highest BCUT2D eigenvalue weighted by atomic mass is 19.1. The van der Waals surface area contributed by atoms with Crippen molar-refractivity contribution in [2.24, 2.45) is 0 Å². The molecule has 0 saturated heterocycles. The van der Waals surface area contributed by atoms with Crippen LogP contribution in [0.25, 0.3) is 5.69 Å². The van der Waals surface area contributed by atoms with Gasteiger partial charge in [0, 0.05) is 29.9 Å². The topological polar surface area (TPSA) is 75.6 Å². The molecule has 1 aliphatic carbocycles. The van der Waals surface area contributed by atoms with Gasteiger partial charge in [-0.3, -0.25) is 9.89 Å². The number of carbonyl (C=O) groups is 1. The van der Waals surface area contributed by atoms with Crippen molar-refractivity contribution in [1.82, 2.24) is 20.0 Å². The number of hydrogen-bond acceptors (Lipinski definition) is 3. The molecule has 122 valence electrons. The van der Waals surface area contributed by atoms with E-state index < -0.39 is 17.5 Å².